The summed E-state index contributed by atoms with van der Waals surface area (Å²) in [6, 6.07) is 12.0. The molecular formula is C12H11NOS. The molecule has 1 aromatic carbocycles. The van der Waals surface area contributed by atoms with E-state index in [1.165, 1.54) is 16.9 Å². The van der Waals surface area contributed by atoms with E-state index in [4.69, 9.17) is 5.73 Å². The molecular weight excluding hydrogens is 206 g/mol. The summed E-state index contributed by atoms with van der Waals surface area (Å²) in [5.74, 6) is -0.348. The van der Waals surface area contributed by atoms with Crippen LogP contribution in [0.25, 0.3) is 0 Å². The van der Waals surface area contributed by atoms with E-state index in [-0.39, 0.29) is 5.91 Å². The second-order valence-electron chi connectivity index (χ2n) is 3.35. The van der Waals surface area contributed by atoms with E-state index in [9.17, 15) is 4.79 Å². The number of primary amides is 1. The third kappa shape index (κ3) is 2.44. The first-order chi connectivity index (χ1) is 7.25. The summed E-state index contributed by atoms with van der Waals surface area (Å²) in [5, 5.41) is 1.98. The van der Waals surface area contributed by atoms with Gasteiger partial charge in [-0.05, 0) is 29.0 Å². The van der Waals surface area contributed by atoms with Gasteiger partial charge in [0.05, 0.1) is 4.88 Å². The number of carbonyl (C=O) groups excluding carboxylic acids is 1. The summed E-state index contributed by atoms with van der Waals surface area (Å²) in [6.07, 6.45) is 0.852. The molecule has 3 heteroatoms. The Hall–Kier alpha value is -1.61. The Labute approximate surface area is 92.4 Å². The number of hydrogen-bond acceptors (Lipinski definition) is 2. The van der Waals surface area contributed by atoms with Crippen molar-refractivity contribution in [2.75, 3.05) is 0 Å². The molecule has 0 bridgehead atoms. The number of carbonyl (C=O) groups is 1. The Morgan fingerprint density at radius 1 is 1.20 bits per heavy atom. The van der Waals surface area contributed by atoms with Crippen molar-refractivity contribution in [1.29, 1.82) is 0 Å². The lowest BCUT2D eigenvalue weighted by molar-refractivity contribution is 0.100. The molecule has 1 amide bonds. The fraction of sp³-hybridized carbons (Fsp3) is 0.0833. The zero-order chi connectivity index (χ0) is 10.7. The molecule has 0 radical (unpaired) electrons. The number of amides is 1. The monoisotopic (exact) mass is 217 g/mol. The SMILES string of the molecule is NC(=O)c1cc(Cc2ccccc2)cs1. The number of benzene rings is 1. The van der Waals surface area contributed by atoms with Crippen molar-refractivity contribution < 1.29 is 4.79 Å². The Kier molecular flexibility index (Phi) is 2.83. The molecule has 1 aromatic heterocycles. The summed E-state index contributed by atoms with van der Waals surface area (Å²) in [7, 11) is 0. The molecule has 15 heavy (non-hydrogen) atoms. The number of thiophene rings is 1. The first-order valence-corrected chi connectivity index (χ1v) is 5.55. The molecule has 0 fully saturated rings. The van der Waals surface area contributed by atoms with E-state index in [0.717, 1.165) is 12.0 Å². The predicted octanol–water partition coefficient (Wildman–Crippen LogP) is 2.44. The minimum Gasteiger partial charge on any atom is -0.365 e. The fourth-order valence-corrected chi connectivity index (χ4v) is 2.19. The Morgan fingerprint density at radius 2 is 1.93 bits per heavy atom. The molecule has 0 aliphatic heterocycles. The maximum Gasteiger partial charge on any atom is 0.258 e. The molecule has 0 saturated carbocycles. The van der Waals surface area contributed by atoms with Gasteiger partial charge in [-0.15, -0.1) is 11.3 Å². The van der Waals surface area contributed by atoms with Gasteiger partial charge in [0.25, 0.3) is 5.91 Å². The first kappa shape index (κ1) is 9.93. The highest BCUT2D eigenvalue weighted by molar-refractivity contribution is 7.12. The van der Waals surface area contributed by atoms with Gasteiger partial charge in [-0.2, -0.15) is 0 Å². The smallest absolute Gasteiger partial charge is 0.258 e. The molecule has 2 nitrogen and oxygen atoms in total. The summed E-state index contributed by atoms with van der Waals surface area (Å²) in [5.41, 5.74) is 7.57. The minimum atomic E-state index is -0.348. The molecule has 2 aromatic rings. The van der Waals surface area contributed by atoms with E-state index >= 15 is 0 Å². The quantitative estimate of drug-likeness (QED) is 0.843. The van der Waals surface area contributed by atoms with Gasteiger partial charge in [0, 0.05) is 0 Å². The van der Waals surface area contributed by atoms with Gasteiger partial charge in [0.1, 0.15) is 0 Å². The van der Waals surface area contributed by atoms with E-state index in [0.29, 0.717) is 4.88 Å². The lowest BCUT2D eigenvalue weighted by atomic mass is 10.1. The summed E-state index contributed by atoms with van der Waals surface area (Å²) >= 11 is 1.40. The average Bonchev–Trinajstić information content (AvgIpc) is 2.68. The maximum atomic E-state index is 10.9. The fourth-order valence-electron chi connectivity index (χ4n) is 1.43. The van der Waals surface area contributed by atoms with Crippen molar-refractivity contribution in [3.05, 3.63) is 57.8 Å². The van der Waals surface area contributed by atoms with Crippen molar-refractivity contribution in [1.82, 2.24) is 0 Å². The summed E-state index contributed by atoms with van der Waals surface area (Å²) in [4.78, 5) is 11.5. The van der Waals surface area contributed by atoms with Gasteiger partial charge in [-0.25, -0.2) is 0 Å². The van der Waals surface area contributed by atoms with E-state index in [1.54, 1.807) is 0 Å². The molecule has 76 valence electrons. The zero-order valence-electron chi connectivity index (χ0n) is 8.14. The van der Waals surface area contributed by atoms with Crippen molar-refractivity contribution >= 4 is 17.2 Å². The molecule has 2 rings (SSSR count). The van der Waals surface area contributed by atoms with Crippen LogP contribution in [0, 0.1) is 0 Å². The van der Waals surface area contributed by atoms with Crippen molar-refractivity contribution in [3.63, 3.8) is 0 Å². The normalized spacial score (nSPS) is 10.1. The summed E-state index contributed by atoms with van der Waals surface area (Å²) in [6.45, 7) is 0. The van der Waals surface area contributed by atoms with Crippen LogP contribution in [0.3, 0.4) is 0 Å². The molecule has 0 aliphatic rings. The zero-order valence-corrected chi connectivity index (χ0v) is 8.96. The van der Waals surface area contributed by atoms with Gasteiger partial charge < -0.3 is 5.73 Å². The van der Waals surface area contributed by atoms with Gasteiger partial charge in [0.2, 0.25) is 0 Å². The molecule has 0 spiro atoms. The van der Waals surface area contributed by atoms with Gasteiger partial charge in [-0.1, -0.05) is 30.3 Å². The molecule has 0 unspecified atom stereocenters. The molecule has 0 saturated heterocycles. The van der Waals surface area contributed by atoms with Crippen LogP contribution in [0.5, 0.6) is 0 Å². The van der Waals surface area contributed by atoms with Gasteiger partial charge in [-0.3, -0.25) is 4.79 Å². The standard InChI is InChI=1S/C12H11NOS/c13-12(14)11-7-10(8-15-11)6-9-4-2-1-3-5-9/h1-5,7-8H,6H2,(H2,13,14). The van der Waals surface area contributed by atoms with Crippen LogP contribution in [0.2, 0.25) is 0 Å². The second-order valence-corrected chi connectivity index (χ2v) is 4.26. The molecule has 1 heterocycles. The van der Waals surface area contributed by atoms with Crippen LogP contribution in [0.4, 0.5) is 0 Å². The molecule has 0 atom stereocenters. The van der Waals surface area contributed by atoms with E-state index in [1.807, 2.05) is 29.6 Å². The van der Waals surface area contributed by atoms with Crippen LogP contribution in [-0.4, -0.2) is 5.91 Å². The van der Waals surface area contributed by atoms with Crippen molar-refractivity contribution in [3.8, 4) is 0 Å². The number of nitrogens with two attached hydrogens (primary N) is 1. The lowest BCUT2D eigenvalue weighted by Gasteiger charge is -1.96. The van der Waals surface area contributed by atoms with Crippen molar-refractivity contribution in [2.24, 2.45) is 5.73 Å². The van der Waals surface area contributed by atoms with Crippen LogP contribution >= 0.6 is 11.3 Å². The third-order valence-corrected chi connectivity index (χ3v) is 3.14. The van der Waals surface area contributed by atoms with Crippen LogP contribution < -0.4 is 5.73 Å². The van der Waals surface area contributed by atoms with E-state index in [2.05, 4.69) is 12.1 Å². The Bertz CT molecular complexity index is 461. The average molecular weight is 217 g/mol. The van der Waals surface area contributed by atoms with Gasteiger partial charge >= 0.3 is 0 Å². The Balaban J connectivity index is 2.15. The largest absolute Gasteiger partial charge is 0.365 e. The van der Waals surface area contributed by atoms with Crippen molar-refractivity contribution in [2.45, 2.75) is 6.42 Å². The van der Waals surface area contributed by atoms with Gasteiger partial charge in [0.15, 0.2) is 0 Å². The number of hydrogen-bond donors (Lipinski definition) is 1. The van der Waals surface area contributed by atoms with E-state index < -0.39 is 0 Å². The number of rotatable bonds is 3. The second kappa shape index (κ2) is 4.28. The molecule has 0 aliphatic carbocycles. The molecule has 2 N–H and O–H groups in total. The highest BCUT2D eigenvalue weighted by Crippen LogP contribution is 2.17. The first-order valence-electron chi connectivity index (χ1n) is 4.67. The lowest BCUT2D eigenvalue weighted by Crippen LogP contribution is -2.08. The van der Waals surface area contributed by atoms with Crippen LogP contribution in [0.15, 0.2) is 41.8 Å². The highest BCUT2D eigenvalue weighted by Gasteiger charge is 2.04. The van der Waals surface area contributed by atoms with Crippen LogP contribution in [-0.2, 0) is 6.42 Å². The topological polar surface area (TPSA) is 43.1 Å². The van der Waals surface area contributed by atoms with Crippen LogP contribution in [0.1, 0.15) is 20.8 Å². The predicted molar refractivity (Wildman–Crippen MR) is 62.1 cm³/mol. The third-order valence-electron chi connectivity index (χ3n) is 2.15. The minimum absolute atomic E-state index is 0.348. The maximum absolute atomic E-state index is 10.9. The summed E-state index contributed by atoms with van der Waals surface area (Å²) < 4.78 is 0. The Morgan fingerprint density at radius 3 is 2.53 bits per heavy atom. The highest BCUT2D eigenvalue weighted by atomic mass is 32.1.